The highest BCUT2D eigenvalue weighted by Crippen LogP contribution is 2.30. The molecule has 0 fully saturated rings. The van der Waals surface area contributed by atoms with Gasteiger partial charge in [0.1, 0.15) is 5.75 Å². The van der Waals surface area contributed by atoms with Crippen molar-refractivity contribution < 1.29 is 27.8 Å². The summed E-state index contributed by atoms with van der Waals surface area (Å²) < 4.78 is 39.2. The molecule has 0 bridgehead atoms. The van der Waals surface area contributed by atoms with Crippen molar-refractivity contribution in [1.29, 1.82) is 0 Å². The van der Waals surface area contributed by atoms with Crippen LogP contribution in [0.3, 0.4) is 0 Å². The van der Waals surface area contributed by atoms with E-state index in [1.807, 2.05) is 0 Å². The van der Waals surface area contributed by atoms with Gasteiger partial charge in [0.2, 0.25) is 0 Å². The average Bonchev–Trinajstić information content (AvgIpc) is 2.06. The molecule has 0 heterocycles. The van der Waals surface area contributed by atoms with Gasteiger partial charge in [-0.3, -0.25) is 4.79 Å². The Labute approximate surface area is 93.4 Å². The lowest BCUT2D eigenvalue weighted by molar-refractivity contribution is -0.274. The van der Waals surface area contributed by atoms with E-state index in [1.54, 1.807) is 0 Å². The second-order valence-corrected chi connectivity index (χ2v) is 3.29. The van der Waals surface area contributed by atoms with Crippen LogP contribution in [0.1, 0.15) is 5.56 Å². The number of carbonyl (C=O) groups is 1. The summed E-state index contributed by atoms with van der Waals surface area (Å²) in [7, 11) is 0. The summed E-state index contributed by atoms with van der Waals surface area (Å²) >= 11 is 5.50. The molecule has 0 radical (unpaired) electrons. The van der Waals surface area contributed by atoms with Gasteiger partial charge in [-0.2, -0.15) is 0 Å². The Hall–Kier alpha value is -1.43. The molecule has 0 aliphatic rings. The second kappa shape index (κ2) is 4.61. The smallest absolute Gasteiger partial charge is 0.481 e. The lowest BCUT2D eigenvalue weighted by Crippen LogP contribution is -2.17. The summed E-state index contributed by atoms with van der Waals surface area (Å²) in [4.78, 5) is 10.3. The summed E-state index contributed by atoms with van der Waals surface area (Å²) in [5.41, 5.74) is 0.298. The van der Waals surface area contributed by atoms with E-state index in [2.05, 4.69) is 4.74 Å². The third kappa shape index (κ3) is 3.98. The number of halogens is 4. The Morgan fingerprint density at radius 1 is 1.44 bits per heavy atom. The van der Waals surface area contributed by atoms with Crippen molar-refractivity contribution in [1.82, 2.24) is 0 Å². The van der Waals surface area contributed by atoms with Crippen LogP contribution in [0.25, 0.3) is 0 Å². The van der Waals surface area contributed by atoms with Gasteiger partial charge in [0.25, 0.3) is 0 Å². The van der Waals surface area contributed by atoms with E-state index in [1.165, 1.54) is 6.07 Å². The fourth-order valence-corrected chi connectivity index (χ4v) is 1.28. The van der Waals surface area contributed by atoms with Gasteiger partial charge in [-0.25, -0.2) is 0 Å². The van der Waals surface area contributed by atoms with Crippen LogP contribution in [-0.2, 0) is 11.2 Å². The van der Waals surface area contributed by atoms with Crippen molar-refractivity contribution >= 4 is 17.6 Å². The summed E-state index contributed by atoms with van der Waals surface area (Å²) in [6, 6.07) is 3.31. The van der Waals surface area contributed by atoms with E-state index < -0.39 is 18.1 Å². The molecule has 1 rings (SSSR count). The molecule has 7 heteroatoms. The molecule has 0 saturated carbocycles. The highest BCUT2D eigenvalue weighted by Gasteiger charge is 2.32. The number of hydrogen-bond acceptors (Lipinski definition) is 2. The number of ether oxygens (including phenoxy) is 1. The Morgan fingerprint density at radius 3 is 2.50 bits per heavy atom. The largest absolute Gasteiger partial charge is 0.573 e. The van der Waals surface area contributed by atoms with Crippen LogP contribution in [0.2, 0.25) is 5.02 Å². The maximum absolute atomic E-state index is 11.9. The van der Waals surface area contributed by atoms with Crippen molar-refractivity contribution in [3.05, 3.63) is 28.8 Å². The van der Waals surface area contributed by atoms with Crippen LogP contribution in [0.4, 0.5) is 13.2 Å². The molecule has 1 aromatic rings. The van der Waals surface area contributed by atoms with Gasteiger partial charge in [-0.05, 0) is 17.7 Å². The number of benzene rings is 1. The maximum atomic E-state index is 11.9. The highest BCUT2D eigenvalue weighted by atomic mass is 35.5. The number of carboxylic acids is 1. The van der Waals surface area contributed by atoms with E-state index in [0.717, 1.165) is 12.1 Å². The van der Waals surface area contributed by atoms with Crippen molar-refractivity contribution in [3.8, 4) is 5.75 Å². The molecular formula is C9H6ClF3O3. The molecule has 16 heavy (non-hydrogen) atoms. The van der Waals surface area contributed by atoms with E-state index >= 15 is 0 Å². The molecule has 0 saturated heterocycles. The van der Waals surface area contributed by atoms with Gasteiger partial charge in [0.05, 0.1) is 11.4 Å². The molecule has 0 amide bonds. The zero-order valence-electron chi connectivity index (χ0n) is 7.71. The van der Waals surface area contributed by atoms with E-state index in [9.17, 15) is 18.0 Å². The summed E-state index contributed by atoms with van der Waals surface area (Å²) in [6.45, 7) is 0. The summed E-state index contributed by atoms with van der Waals surface area (Å²) in [6.07, 6.45) is -5.13. The van der Waals surface area contributed by atoms with Gasteiger partial charge in [0, 0.05) is 0 Å². The normalized spacial score (nSPS) is 11.2. The van der Waals surface area contributed by atoms with Crippen molar-refractivity contribution in [2.45, 2.75) is 12.8 Å². The lowest BCUT2D eigenvalue weighted by atomic mass is 10.1. The Morgan fingerprint density at radius 2 is 2.06 bits per heavy atom. The van der Waals surface area contributed by atoms with Crippen molar-refractivity contribution in [3.63, 3.8) is 0 Å². The standard InChI is InChI=1S/C9H6ClF3O3/c10-6-3-5(4-8(14)15)1-2-7(6)16-9(11,12)13/h1-3H,4H2,(H,14,15). The quantitative estimate of drug-likeness (QED) is 0.902. The number of aliphatic carboxylic acids is 1. The SMILES string of the molecule is O=C(O)Cc1ccc(OC(F)(F)F)c(Cl)c1. The topological polar surface area (TPSA) is 46.5 Å². The minimum absolute atomic E-state index is 0.281. The molecule has 0 aromatic heterocycles. The van der Waals surface area contributed by atoms with Crippen LogP contribution in [-0.4, -0.2) is 17.4 Å². The van der Waals surface area contributed by atoms with Gasteiger partial charge >= 0.3 is 12.3 Å². The number of alkyl halides is 3. The van der Waals surface area contributed by atoms with Crippen LogP contribution in [0.5, 0.6) is 5.75 Å². The maximum Gasteiger partial charge on any atom is 0.573 e. The van der Waals surface area contributed by atoms with Crippen LogP contribution in [0.15, 0.2) is 18.2 Å². The summed E-state index contributed by atoms with van der Waals surface area (Å²) in [5.74, 6) is -1.65. The third-order valence-corrected chi connectivity index (χ3v) is 1.87. The first-order valence-corrected chi connectivity index (χ1v) is 4.42. The highest BCUT2D eigenvalue weighted by molar-refractivity contribution is 6.32. The Balaban J connectivity index is 2.87. The molecular weight excluding hydrogens is 249 g/mol. The molecule has 0 spiro atoms. The van der Waals surface area contributed by atoms with Gasteiger partial charge in [0.15, 0.2) is 0 Å². The number of hydrogen-bond donors (Lipinski definition) is 1. The van der Waals surface area contributed by atoms with Crippen molar-refractivity contribution in [2.75, 3.05) is 0 Å². The second-order valence-electron chi connectivity index (χ2n) is 2.88. The van der Waals surface area contributed by atoms with E-state index in [0.29, 0.717) is 5.56 Å². The Bertz CT molecular complexity index is 403. The van der Waals surface area contributed by atoms with Gasteiger partial charge in [-0.15, -0.1) is 13.2 Å². The minimum Gasteiger partial charge on any atom is -0.481 e. The first-order valence-electron chi connectivity index (χ1n) is 4.04. The fraction of sp³-hybridized carbons (Fsp3) is 0.222. The van der Waals surface area contributed by atoms with Crippen molar-refractivity contribution in [2.24, 2.45) is 0 Å². The fourth-order valence-electron chi connectivity index (χ4n) is 1.04. The lowest BCUT2D eigenvalue weighted by Gasteiger charge is -2.10. The van der Waals surface area contributed by atoms with Crippen LogP contribution in [0, 0.1) is 0 Å². The average molecular weight is 255 g/mol. The van der Waals surface area contributed by atoms with Gasteiger partial charge < -0.3 is 9.84 Å². The molecule has 0 atom stereocenters. The molecule has 1 N–H and O–H groups in total. The number of rotatable bonds is 3. The zero-order chi connectivity index (χ0) is 12.3. The molecule has 1 aromatic carbocycles. The monoisotopic (exact) mass is 254 g/mol. The molecule has 0 aliphatic heterocycles. The molecule has 88 valence electrons. The molecule has 0 aliphatic carbocycles. The minimum atomic E-state index is -4.82. The third-order valence-electron chi connectivity index (χ3n) is 1.58. The van der Waals surface area contributed by atoms with Crippen LogP contribution >= 0.6 is 11.6 Å². The Kier molecular flexibility index (Phi) is 3.64. The van der Waals surface area contributed by atoms with E-state index in [-0.39, 0.29) is 11.4 Å². The molecule has 0 unspecified atom stereocenters. The predicted octanol–water partition coefficient (Wildman–Crippen LogP) is 2.87. The number of carboxylic acid groups (broad SMARTS) is 1. The predicted molar refractivity (Wildman–Crippen MR) is 49.5 cm³/mol. The first-order chi connectivity index (χ1) is 7.28. The molecule has 3 nitrogen and oxygen atoms in total. The van der Waals surface area contributed by atoms with Crippen LogP contribution < -0.4 is 4.74 Å². The first kappa shape index (κ1) is 12.6. The van der Waals surface area contributed by atoms with Gasteiger partial charge in [-0.1, -0.05) is 17.7 Å². The zero-order valence-corrected chi connectivity index (χ0v) is 8.47. The summed E-state index contributed by atoms with van der Waals surface area (Å²) in [5, 5.41) is 8.18. The van der Waals surface area contributed by atoms with E-state index in [4.69, 9.17) is 16.7 Å².